The molecular weight excluding hydrogens is 595 g/mol. The molecule has 4 aromatic rings. The molecule has 0 aliphatic rings. The summed E-state index contributed by atoms with van der Waals surface area (Å²) >= 11 is 12.8. The molecule has 0 aromatic heterocycles. The Hall–Kier alpha value is -4.08. The van der Waals surface area contributed by atoms with Crippen molar-refractivity contribution in [2.45, 2.75) is 25.8 Å². The van der Waals surface area contributed by atoms with Gasteiger partial charge in [-0.05, 0) is 64.7 Å². The van der Waals surface area contributed by atoms with Crippen LogP contribution in [0.15, 0.2) is 78.9 Å². The van der Waals surface area contributed by atoms with Crippen molar-refractivity contribution in [3.63, 3.8) is 0 Å². The van der Waals surface area contributed by atoms with Gasteiger partial charge in [0.1, 0.15) is 6.67 Å². The van der Waals surface area contributed by atoms with E-state index in [0.717, 1.165) is 12.1 Å². The third kappa shape index (κ3) is 7.60. The molecule has 0 saturated heterocycles. The highest BCUT2D eigenvalue weighted by molar-refractivity contribution is 6.36. The van der Waals surface area contributed by atoms with E-state index in [-0.39, 0.29) is 25.1 Å². The maximum Gasteiger partial charge on any atom is 0.416 e. The second-order valence-corrected chi connectivity index (χ2v) is 10.2. The van der Waals surface area contributed by atoms with Crippen molar-refractivity contribution in [1.82, 2.24) is 5.32 Å². The average molecular weight is 619 g/mol. The zero-order valence-electron chi connectivity index (χ0n) is 21.9. The summed E-state index contributed by atoms with van der Waals surface area (Å²) in [6.07, 6.45) is -4.79. The third-order valence-corrected chi connectivity index (χ3v) is 7.08. The van der Waals surface area contributed by atoms with Gasteiger partial charge in [0.2, 0.25) is 0 Å². The van der Waals surface area contributed by atoms with Gasteiger partial charge in [-0.25, -0.2) is 4.39 Å². The number of halogens is 6. The Morgan fingerprint density at radius 1 is 0.810 bits per heavy atom. The van der Waals surface area contributed by atoms with Gasteiger partial charge in [-0.3, -0.25) is 9.59 Å². The highest BCUT2D eigenvalue weighted by atomic mass is 35.5. The maximum absolute atomic E-state index is 13.6. The molecule has 0 atom stereocenters. The van der Waals surface area contributed by atoms with E-state index in [2.05, 4.69) is 10.6 Å². The summed E-state index contributed by atoms with van der Waals surface area (Å²) in [5, 5.41) is 15.1. The Kier molecular flexibility index (Phi) is 9.75. The zero-order valence-corrected chi connectivity index (χ0v) is 23.4. The lowest BCUT2D eigenvalue weighted by atomic mass is 9.96. The van der Waals surface area contributed by atoms with Crippen molar-refractivity contribution in [2.24, 2.45) is 0 Å². The quantitative estimate of drug-likeness (QED) is 0.155. The Bertz CT molecular complexity index is 1610. The van der Waals surface area contributed by atoms with Crippen LogP contribution >= 0.6 is 23.2 Å². The van der Waals surface area contributed by atoms with E-state index in [9.17, 15) is 27.2 Å². The molecule has 0 aliphatic heterocycles. The molecule has 3 N–H and O–H groups in total. The first-order valence-corrected chi connectivity index (χ1v) is 13.4. The number of anilines is 1. The van der Waals surface area contributed by atoms with Gasteiger partial charge < -0.3 is 15.7 Å². The molecule has 5 nitrogen and oxygen atoms in total. The predicted octanol–water partition coefficient (Wildman–Crippen LogP) is 8.63. The lowest BCUT2D eigenvalue weighted by Crippen LogP contribution is -2.25. The maximum atomic E-state index is 13.6. The van der Waals surface area contributed by atoms with E-state index in [4.69, 9.17) is 28.3 Å². The van der Waals surface area contributed by atoms with Crippen molar-refractivity contribution in [3.8, 4) is 22.3 Å². The number of rotatable bonds is 10. The molecule has 42 heavy (non-hydrogen) atoms. The summed E-state index contributed by atoms with van der Waals surface area (Å²) in [5.74, 6) is -1.54. The largest absolute Gasteiger partial charge is 0.481 e. The van der Waals surface area contributed by atoms with E-state index in [1.807, 2.05) is 0 Å². The highest BCUT2D eigenvalue weighted by Crippen LogP contribution is 2.37. The van der Waals surface area contributed by atoms with Gasteiger partial charge in [0.25, 0.3) is 5.91 Å². The second kappa shape index (κ2) is 13.3. The number of carboxylic acids is 1. The Balaban J connectivity index is 1.56. The predicted molar refractivity (Wildman–Crippen MR) is 156 cm³/mol. The molecular formula is C31H24Cl2F4N2O3. The van der Waals surface area contributed by atoms with Crippen molar-refractivity contribution in [2.75, 3.05) is 11.9 Å². The van der Waals surface area contributed by atoms with Gasteiger partial charge in [0, 0.05) is 40.5 Å². The molecule has 218 valence electrons. The molecule has 0 spiro atoms. The molecule has 0 unspecified atom stereocenters. The lowest BCUT2D eigenvalue weighted by molar-refractivity contribution is -0.138. The van der Waals surface area contributed by atoms with Gasteiger partial charge >= 0.3 is 12.1 Å². The van der Waals surface area contributed by atoms with Crippen LogP contribution < -0.4 is 10.6 Å². The molecule has 0 saturated carbocycles. The summed E-state index contributed by atoms with van der Waals surface area (Å²) in [4.78, 5) is 22.9. The summed E-state index contributed by atoms with van der Waals surface area (Å²) < 4.78 is 53.6. The normalized spacial score (nSPS) is 11.3. The second-order valence-electron chi connectivity index (χ2n) is 9.34. The average Bonchev–Trinajstić information content (AvgIpc) is 2.95. The molecule has 0 heterocycles. The van der Waals surface area contributed by atoms with Crippen LogP contribution in [0.2, 0.25) is 10.0 Å². The van der Waals surface area contributed by atoms with Crippen molar-refractivity contribution in [3.05, 3.63) is 111 Å². The van der Waals surface area contributed by atoms with Crippen LogP contribution in [0.5, 0.6) is 0 Å². The Morgan fingerprint density at radius 3 is 2.07 bits per heavy atom. The van der Waals surface area contributed by atoms with E-state index in [1.165, 1.54) is 36.4 Å². The molecule has 11 heteroatoms. The minimum absolute atomic E-state index is 0.0528. The van der Waals surface area contributed by atoms with Crippen LogP contribution in [0.4, 0.5) is 23.2 Å². The molecule has 4 rings (SSSR count). The summed E-state index contributed by atoms with van der Waals surface area (Å²) in [7, 11) is 0. The lowest BCUT2D eigenvalue weighted by Gasteiger charge is -2.16. The molecule has 4 aromatic carbocycles. The van der Waals surface area contributed by atoms with E-state index < -0.39 is 30.3 Å². The number of carboxylic acid groups (broad SMARTS) is 1. The third-order valence-electron chi connectivity index (χ3n) is 6.45. The summed E-state index contributed by atoms with van der Waals surface area (Å²) in [6, 6.07) is 19.4. The number of aliphatic carboxylic acids is 1. The SMILES string of the molecule is O=C(O)CCNC(=O)c1ccc(-c2cc(C(F)(F)F)ccc2CNc2ccc(-c3ccc(CF)cc3Cl)c(Cl)c2)cc1. The fourth-order valence-electron chi connectivity index (χ4n) is 4.26. The monoisotopic (exact) mass is 618 g/mol. The highest BCUT2D eigenvalue weighted by Gasteiger charge is 2.31. The molecule has 0 aliphatic carbocycles. The molecule has 0 bridgehead atoms. The summed E-state index contributed by atoms with van der Waals surface area (Å²) in [5.41, 5.74) is 3.09. The van der Waals surface area contributed by atoms with Crippen LogP contribution in [0.3, 0.4) is 0 Å². The number of carbonyl (C=O) groups is 2. The fourth-order valence-corrected chi connectivity index (χ4v) is 4.85. The van der Waals surface area contributed by atoms with E-state index >= 15 is 0 Å². The smallest absolute Gasteiger partial charge is 0.416 e. The van der Waals surface area contributed by atoms with Gasteiger partial charge in [-0.2, -0.15) is 13.2 Å². The fraction of sp³-hybridized carbons (Fsp3) is 0.161. The van der Waals surface area contributed by atoms with Crippen molar-refractivity contribution in [1.29, 1.82) is 0 Å². The van der Waals surface area contributed by atoms with Gasteiger partial charge in [0.15, 0.2) is 0 Å². The van der Waals surface area contributed by atoms with E-state index in [0.29, 0.717) is 49.1 Å². The zero-order chi connectivity index (χ0) is 30.4. The van der Waals surface area contributed by atoms with Gasteiger partial charge in [-0.15, -0.1) is 0 Å². The number of alkyl halides is 4. The minimum Gasteiger partial charge on any atom is -0.481 e. The Labute approximate surface area is 249 Å². The topological polar surface area (TPSA) is 78.4 Å². The first-order valence-electron chi connectivity index (χ1n) is 12.6. The van der Waals surface area contributed by atoms with Crippen LogP contribution in [-0.4, -0.2) is 23.5 Å². The minimum atomic E-state index is -4.56. The molecule has 0 radical (unpaired) electrons. The standard InChI is InChI=1S/C31H24Cl2F4N2O3/c32-27-13-18(16-34)1-9-24(27)25-10-8-23(15-28(25)33)39-17-21-6-7-22(31(35,36)37)14-26(21)19-2-4-20(5-3-19)30(42)38-12-11-29(40)41/h1-10,13-15,39H,11-12,16-17H2,(H,38,42)(H,40,41). The first-order chi connectivity index (χ1) is 20.0. The molecule has 1 amide bonds. The Morgan fingerprint density at radius 2 is 1.48 bits per heavy atom. The van der Waals surface area contributed by atoms with Crippen molar-refractivity contribution < 1.29 is 32.3 Å². The van der Waals surface area contributed by atoms with Crippen LogP contribution in [-0.2, 0) is 24.2 Å². The molecule has 0 fully saturated rings. The number of hydrogen-bond acceptors (Lipinski definition) is 3. The van der Waals surface area contributed by atoms with E-state index in [1.54, 1.807) is 30.3 Å². The first kappa shape index (κ1) is 30.9. The van der Waals surface area contributed by atoms with Crippen LogP contribution in [0.1, 0.15) is 33.5 Å². The van der Waals surface area contributed by atoms with Crippen LogP contribution in [0, 0.1) is 0 Å². The van der Waals surface area contributed by atoms with Crippen LogP contribution in [0.25, 0.3) is 22.3 Å². The summed E-state index contributed by atoms with van der Waals surface area (Å²) in [6.45, 7) is -0.536. The van der Waals surface area contributed by atoms with Gasteiger partial charge in [-0.1, -0.05) is 59.6 Å². The number of benzene rings is 4. The van der Waals surface area contributed by atoms with Gasteiger partial charge in [0.05, 0.1) is 17.0 Å². The number of nitrogens with one attached hydrogen (secondary N) is 2. The number of amides is 1. The number of carbonyl (C=O) groups excluding carboxylic acids is 1. The van der Waals surface area contributed by atoms with Crippen molar-refractivity contribution >= 4 is 40.8 Å². The number of hydrogen-bond donors (Lipinski definition) is 3.